The number of aliphatic hydroxyl groups is 1. The summed E-state index contributed by atoms with van der Waals surface area (Å²) in [6, 6.07) is 0. The molecule has 0 aliphatic heterocycles. The highest BCUT2D eigenvalue weighted by atomic mass is 16.5. The van der Waals surface area contributed by atoms with Crippen LogP contribution < -0.4 is 0 Å². The van der Waals surface area contributed by atoms with E-state index >= 15 is 0 Å². The van der Waals surface area contributed by atoms with Crippen LogP contribution in [0.15, 0.2) is 0 Å². The molecule has 10 heteroatoms. The first-order valence-electron chi connectivity index (χ1n) is 25.3. The van der Waals surface area contributed by atoms with Crippen molar-refractivity contribution in [2.45, 2.75) is 233 Å². The van der Waals surface area contributed by atoms with Crippen molar-refractivity contribution in [2.24, 2.45) is 11.8 Å². The van der Waals surface area contributed by atoms with Crippen molar-refractivity contribution in [3.05, 3.63) is 0 Å². The summed E-state index contributed by atoms with van der Waals surface area (Å²) in [4.78, 5) is 52.9. The van der Waals surface area contributed by atoms with Gasteiger partial charge in [-0.05, 0) is 70.8 Å². The highest BCUT2D eigenvalue weighted by molar-refractivity contribution is 5.73. The van der Waals surface area contributed by atoms with Crippen LogP contribution >= 0.6 is 0 Å². The number of esters is 4. The van der Waals surface area contributed by atoms with Crippen molar-refractivity contribution in [3.63, 3.8) is 0 Å². The first-order valence-corrected chi connectivity index (χ1v) is 25.3. The van der Waals surface area contributed by atoms with E-state index in [9.17, 15) is 24.3 Å². The van der Waals surface area contributed by atoms with Crippen LogP contribution in [0.2, 0.25) is 0 Å². The lowest BCUT2D eigenvalue weighted by atomic mass is 9.94. The van der Waals surface area contributed by atoms with Crippen molar-refractivity contribution in [1.82, 2.24) is 4.90 Å². The van der Waals surface area contributed by atoms with E-state index in [2.05, 4.69) is 27.7 Å². The highest BCUT2D eigenvalue weighted by Crippen LogP contribution is 2.22. The van der Waals surface area contributed by atoms with Gasteiger partial charge in [-0.1, -0.05) is 156 Å². The Morgan fingerprint density at radius 3 is 1.05 bits per heavy atom. The van der Waals surface area contributed by atoms with Crippen LogP contribution in [0.25, 0.3) is 0 Å². The zero-order valence-electron chi connectivity index (χ0n) is 39.6. The molecular formula is C50H95NO9. The Bertz CT molecular complexity index is 921. The predicted octanol–water partition coefficient (Wildman–Crippen LogP) is 12.2. The quantitative estimate of drug-likeness (QED) is 0.0359. The Balaban J connectivity index is 4.43. The number of carbonyl (C=O) groups is 4. The third-order valence-corrected chi connectivity index (χ3v) is 11.5. The van der Waals surface area contributed by atoms with Crippen molar-refractivity contribution in [2.75, 3.05) is 52.7 Å². The van der Waals surface area contributed by atoms with Crippen LogP contribution in [0.1, 0.15) is 233 Å². The second kappa shape index (κ2) is 44.8. The zero-order valence-corrected chi connectivity index (χ0v) is 39.6. The van der Waals surface area contributed by atoms with Crippen LogP contribution in [-0.2, 0) is 38.1 Å². The normalized spacial score (nSPS) is 12.4. The third kappa shape index (κ3) is 37.6. The van der Waals surface area contributed by atoms with Crippen LogP contribution in [0.5, 0.6) is 0 Å². The molecule has 10 nitrogen and oxygen atoms in total. The van der Waals surface area contributed by atoms with Gasteiger partial charge >= 0.3 is 23.9 Å². The van der Waals surface area contributed by atoms with Gasteiger partial charge in [-0.2, -0.15) is 0 Å². The molecule has 2 unspecified atom stereocenters. The monoisotopic (exact) mass is 854 g/mol. The van der Waals surface area contributed by atoms with Crippen molar-refractivity contribution < 1.29 is 43.2 Å². The van der Waals surface area contributed by atoms with Gasteiger partial charge in [0.1, 0.15) is 0 Å². The van der Waals surface area contributed by atoms with Crippen LogP contribution in [-0.4, -0.2) is 86.6 Å². The van der Waals surface area contributed by atoms with E-state index in [1.54, 1.807) is 0 Å². The molecule has 0 saturated carbocycles. The summed E-state index contributed by atoms with van der Waals surface area (Å²) in [6.45, 7) is 11.8. The lowest BCUT2D eigenvalue weighted by Crippen LogP contribution is -2.31. The second-order valence-corrected chi connectivity index (χ2v) is 17.2. The molecule has 0 aromatic heterocycles. The molecule has 0 radical (unpaired) electrons. The SMILES string of the molecule is CCCCCCCCC(CCCCCC)C(=O)OCCCCOC(=O)CCN(CCCCO)CCC(=O)OCCCCOC(=O)C(CCCCCC)CCCCCCCC. The van der Waals surface area contributed by atoms with E-state index in [0.717, 1.165) is 70.6 Å². The van der Waals surface area contributed by atoms with Crippen molar-refractivity contribution in [1.29, 1.82) is 0 Å². The fourth-order valence-electron chi connectivity index (χ4n) is 7.52. The topological polar surface area (TPSA) is 129 Å². The second-order valence-electron chi connectivity index (χ2n) is 17.2. The lowest BCUT2D eigenvalue weighted by Gasteiger charge is -2.21. The Labute approximate surface area is 368 Å². The molecule has 0 heterocycles. The van der Waals surface area contributed by atoms with E-state index in [0.29, 0.717) is 65.0 Å². The maximum Gasteiger partial charge on any atom is 0.308 e. The van der Waals surface area contributed by atoms with Gasteiger partial charge in [0.25, 0.3) is 0 Å². The molecule has 0 bridgehead atoms. The molecule has 0 amide bonds. The van der Waals surface area contributed by atoms with Crippen molar-refractivity contribution in [3.8, 4) is 0 Å². The molecular weight excluding hydrogens is 759 g/mol. The summed E-state index contributed by atoms with van der Waals surface area (Å²) in [5.74, 6) is -0.764. The van der Waals surface area contributed by atoms with Gasteiger partial charge in [0.05, 0.1) is 51.1 Å². The van der Waals surface area contributed by atoms with Crippen molar-refractivity contribution >= 4 is 23.9 Å². The molecule has 0 aliphatic carbocycles. The van der Waals surface area contributed by atoms with Gasteiger partial charge < -0.3 is 29.0 Å². The van der Waals surface area contributed by atoms with Gasteiger partial charge in [0.2, 0.25) is 0 Å². The average Bonchev–Trinajstić information content (AvgIpc) is 3.24. The van der Waals surface area contributed by atoms with E-state index in [1.165, 1.54) is 89.9 Å². The first kappa shape index (κ1) is 57.8. The number of rotatable bonds is 46. The molecule has 0 saturated heterocycles. The minimum atomic E-state index is -0.293. The summed E-state index contributed by atoms with van der Waals surface area (Å²) >= 11 is 0. The number of ether oxygens (including phenoxy) is 4. The maximum absolute atomic E-state index is 12.9. The smallest absolute Gasteiger partial charge is 0.308 e. The molecule has 0 aromatic rings. The van der Waals surface area contributed by atoms with Gasteiger partial charge in [-0.15, -0.1) is 0 Å². The van der Waals surface area contributed by atoms with Gasteiger partial charge in [-0.3, -0.25) is 19.2 Å². The summed E-state index contributed by atoms with van der Waals surface area (Å²) in [6.07, 6.45) is 31.8. The Hall–Kier alpha value is -2.20. The summed E-state index contributed by atoms with van der Waals surface area (Å²) in [5.41, 5.74) is 0. The Morgan fingerprint density at radius 1 is 0.383 bits per heavy atom. The number of hydrogen-bond acceptors (Lipinski definition) is 10. The molecule has 60 heavy (non-hydrogen) atoms. The summed E-state index contributed by atoms with van der Waals surface area (Å²) in [5, 5.41) is 9.27. The number of hydrogen-bond donors (Lipinski definition) is 1. The molecule has 0 fully saturated rings. The minimum Gasteiger partial charge on any atom is -0.466 e. The van der Waals surface area contributed by atoms with Gasteiger partial charge in [0, 0.05) is 19.7 Å². The van der Waals surface area contributed by atoms with E-state index in [-0.39, 0.29) is 68.4 Å². The number of aliphatic hydroxyl groups excluding tert-OH is 1. The van der Waals surface area contributed by atoms with Crippen LogP contribution in [0, 0.1) is 11.8 Å². The van der Waals surface area contributed by atoms with Gasteiger partial charge in [0.15, 0.2) is 0 Å². The lowest BCUT2D eigenvalue weighted by molar-refractivity contribution is -0.150. The molecule has 2 atom stereocenters. The molecule has 0 spiro atoms. The highest BCUT2D eigenvalue weighted by Gasteiger charge is 2.21. The van der Waals surface area contributed by atoms with E-state index in [4.69, 9.17) is 18.9 Å². The minimum absolute atomic E-state index is 0.0154. The predicted molar refractivity (Wildman–Crippen MR) is 245 cm³/mol. The van der Waals surface area contributed by atoms with Crippen LogP contribution in [0.3, 0.4) is 0 Å². The molecule has 0 rings (SSSR count). The maximum atomic E-state index is 12.9. The fourth-order valence-corrected chi connectivity index (χ4v) is 7.52. The fraction of sp³-hybridized carbons (Fsp3) is 0.920. The number of carbonyl (C=O) groups excluding carboxylic acids is 4. The summed E-state index contributed by atoms with van der Waals surface area (Å²) < 4.78 is 22.3. The number of unbranched alkanes of at least 4 members (excludes halogenated alkanes) is 19. The standard InChI is InChI=1S/C50H95NO9/c1-5-9-13-17-19-23-33-45(31-21-15-11-7-3)49(55)59-43-29-27-41-57-47(53)35-38-51(37-25-26-40-52)39-36-48(54)58-42-28-30-44-60-50(56)46(32-22-16-12-8-4)34-24-20-18-14-10-6-2/h45-46,52H,5-44H2,1-4H3. The van der Waals surface area contributed by atoms with Gasteiger partial charge in [-0.25, -0.2) is 0 Å². The molecule has 354 valence electrons. The summed E-state index contributed by atoms with van der Waals surface area (Å²) in [7, 11) is 0. The molecule has 1 N–H and O–H groups in total. The molecule has 0 aromatic carbocycles. The Morgan fingerprint density at radius 2 is 0.700 bits per heavy atom. The first-order chi connectivity index (χ1) is 29.3. The van der Waals surface area contributed by atoms with E-state index < -0.39 is 0 Å². The van der Waals surface area contributed by atoms with E-state index in [1.807, 2.05) is 4.90 Å². The zero-order chi connectivity index (χ0) is 44.2. The third-order valence-electron chi connectivity index (χ3n) is 11.5. The van der Waals surface area contributed by atoms with Crippen LogP contribution in [0.4, 0.5) is 0 Å². The largest absolute Gasteiger partial charge is 0.466 e. The number of nitrogens with zero attached hydrogens (tertiary/aromatic N) is 1. The average molecular weight is 854 g/mol. The molecule has 0 aliphatic rings. The Kier molecular flexibility index (Phi) is 43.2.